The molecule has 1 saturated heterocycles. The molecule has 0 spiro atoms. The topological polar surface area (TPSA) is 31.0 Å². The van der Waals surface area contributed by atoms with Gasteiger partial charge in [0.15, 0.2) is 17.4 Å². The van der Waals surface area contributed by atoms with Gasteiger partial charge in [0.25, 0.3) is 0 Å². The van der Waals surface area contributed by atoms with Crippen molar-refractivity contribution in [2.75, 3.05) is 6.61 Å². The highest BCUT2D eigenvalue weighted by atomic mass is 28.5. The zero-order valence-corrected chi connectivity index (χ0v) is 17.3. The Morgan fingerprint density at radius 2 is 1.71 bits per heavy atom. The molecule has 1 aliphatic rings. The summed E-state index contributed by atoms with van der Waals surface area (Å²) in [7, 11) is -4.93. The number of hydrogen-bond donors (Lipinski definition) is 0. The van der Waals surface area contributed by atoms with E-state index in [9.17, 15) is 0 Å². The van der Waals surface area contributed by atoms with Gasteiger partial charge in [-0.2, -0.15) is 0 Å². The van der Waals surface area contributed by atoms with Crippen LogP contribution in [-0.4, -0.2) is 38.6 Å². The fourth-order valence-corrected chi connectivity index (χ4v) is 13.8. The lowest BCUT2D eigenvalue weighted by atomic mass is 10.1. The molecular formula is C15H28O3Si3. The Hall–Kier alpha value is -0.249. The molecule has 0 saturated carbocycles. The average Bonchev–Trinajstić information content (AvgIpc) is 3.09. The smallest absolute Gasteiger partial charge is 0.311 e. The minimum Gasteiger partial charge on any atom is -0.437 e. The Labute approximate surface area is 132 Å². The first-order valence-corrected chi connectivity index (χ1v) is 16.2. The van der Waals surface area contributed by atoms with Crippen LogP contribution >= 0.6 is 0 Å². The Morgan fingerprint density at radius 3 is 2.19 bits per heavy atom. The highest BCUT2D eigenvalue weighted by Crippen LogP contribution is 2.17. The molecule has 3 nitrogen and oxygen atoms in total. The molecule has 6 heteroatoms. The maximum atomic E-state index is 6.40. The lowest BCUT2D eigenvalue weighted by molar-refractivity contribution is 0.407. The minimum absolute atomic E-state index is 0.457. The van der Waals surface area contributed by atoms with Crippen molar-refractivity contribution in [3.8, 4) is 0 Å². The molecule has 0 amide bonds. The van der Waals surface area contributed by atoms with Crippen molar-refractivity contribution in [3.05, 3.63) is 29.8 Å². The summed E-state index contributed by atoms with van der Waals surface area (Å²) < 4.78 is 18.0. The second-order valence-electron chi connectivity index (χ2n) is 7.28. The molecule has 1 aliphatic heterocycles. The van der Waals surface area contributed by atoms with Gasteiger partial charge in [-0.3, -0.25) is 0 Å². The number of ether oxygens (including phenoxy) is 1. The third-order valence-electron chi connectivity index (χ3n) is 3.33. The van der Waals surface area contributed by atoms with Gasteiger partial charge in [-0.15, -0.1) is 0 Å². The molecular weight excluding hydrogens is 312 g/mol. The second-order valence-corrected chi connectivity index (χ2v) is 18.0. The zero-order valence-electron chi connectivity index (χ0n) is 14.1. The van der Waals surface area contributed by atoms with Crippen molar-refractivity contribution < 1.29 is 13.0 Å². The molecule has 2 atom stereocenters. The van der Waals surface area contributed by atoms with Crippen LogP contribution in [0.4, 0.5) is 0 Å². The van der Waals surface area contributed by atoms with Gasteiger partial charge in [-0.1, -0.05) is 24.3 Å². The first-order valence-electron chi connectivity index (χ1n) is 7.73. The molecule has 0 radical (unpaired) electrons. The van der Waals surface area contributed by atoms with E-state index in [4.69, 9.17) is 13.0 Å². The van der Waals surface area contributed by atoms with Crippen molar-refractivity contribution in [2.45, 2.75) is 51.8 Å². The number of benzene rings is 1. The van der Waals surface area contributed by atoms with E-state index in [1.54, 1.807) is 0 Å². The summed E-state index contributed by atoms with van der Waals surface area (Å²) in [5.41, 5.74) is 1.36. The molecule has 0 N–H and O–H groups in total. The van der Waals surface area contributed by atoms with Crippen LogP contribution in [0.5, 0.6) is 0 Å². The molecule has 0 aromatic heterocycles. The lowest BCUT2D eigenvalue weighted by Crippen LogP contribution is -2.50. The predicted molar refractivity (Wildman–Crippen MR) is 95.5 cm³/mol. The third-order valence-corrected chi connectivity index (χ3v) is 12.8. The van der Waals surface area contributed by atoms with E-state index in [1.165, 1.54) is 10.8 Å². The maximum Gasteiger partial charge on any atom is 0.311 e. The Bertz CT molecular complexity index is 464. The van der Waals surface area contributed by atoms with Gasteiger partial charge in [-0.05, 0) is 50.0 Å². The van der Waals surface area contributed by atoms with Crippen LogP contribution in [0, 0.1) is 0 Å². The standard InChI is InChI=1S/C15H28O3Si3/c1-19(17-21(5,6)18-20(2,3)4)15-9-7-13(8-10-15)11-14-12-16-14/h7-10,14,19H,11-12H2,1-6H3. The van der Waals surface area contributed by atoms with Crippen LogP contribution in [0.2, 0.25) is 39.3 Å². The van der Waals surface area contributed by atoms with Gasteiger partial charge < -0.3 is 13.0 Å². The summed E-state index contributed by atoms with van der Waals surface area (Å²) in [6.45, 7) is 14.2. The van der Waals surface area contributed by atoms with Crippen molar-refractivity contribution in [1.82, 2.24) is 0 Å². The molecule has 1 aromatic carbocycles. The highest BCUT2D eigenvalue weighted by molar-refractivity contribution is 6.85. The lowest BCUT2D eigenvalue weighted by Gasteiger charge is -2.33. The van der Waals surface area contributed by atoms with Gasteiger partial charge in [0.1, 0.15) is 0 Å². The number of hydrogen-bond acceptors (Lipinski definition) is 3. The molecule has 118 valence electrons. The quantitative estimate of drug-likeness (QED) is 0.565. The Balaban J connectivity index is 1.93. The van der Waals surface area contributed by atoms with E-state index in [-0.39, 0.29) is 0 Å². The molecule has 1 aromatic rings. The monoisotopic (exact) mass is 340 g/mol. The van der Waals surface area contributed by atoms with Gasteiger partial charge >= 0.3 is 8.56 Å². The largest absolute Gasteiger partial charge is 0.437 e. The van der Waals surface area contributed by atoms with Gasteiger partial charge in [0, 0.05) is 6.42 Å². The third kappa shape index (κ3) is 6.17. The zero-order chi connectivity index (χ0) is 15.7. The highest BCUT2D eigenvalue weighted by Gasteiger charge is 2.33. The summed E-state index contributed by atoms with van der Waals surface area (Å²) in [6.07, 6.45) is 1.49. The predicted octanol–water partition coefficient (Wildman–Crippen LogP) is 2.76. The van der Waals surface area contributed by atoms with Crippen LogP contribution in [0.3, 0.4) is 0 Å². The van der Waals surface area contributed by atoms with Crippen molar-refractivity contribution >= 4 is 31.1 Å². The van der Waals surface area contributed by atoms with Crippen LogP contribution in [0.1, 0.15) is 5.56 Å². The maximum absolute atomic E-state index is 6.40. The summed E-state index contributed by atoms with van der Waals surface area (Å²) in [4.78, 5) is 0. The van der Waals surface area contributed by atoms with Crippen molar-refractivity contribution in [1.29, 1.82) is 0 Å². The van der Waals surface area contributed by atoms with Crippen molar-refractivity contribution in [2.24, 2.45) is 0 Å². The van der Waals surface area contributed by atoms with E-state index in [0.717, 1.165) is 13.0 Å². The fraction of sp³-hybridized carbons (Fsp3) is 0.600. The van der Waals surface area contributed by atoms with E-state index in [2.05, 4.69) is 63.5 Å². The van der Waals surface area contributed by atoms with Gasteiger partial charge in [-0.25, -0.2) is 0 Å². The first kappa shape index (κ1) is 17.1. The van der Waals surface area contributed by atoms with Gasteiger partial charge in [0.2, 0.25) is 0 Å². The summed E-state index contributed by atoms with van der Waals surface area (Å²) in [6, 6.07) is 8.90. The average molecular weight is 341 g/mol. The molecule has 0 aliphatic carbocycles. The van der Waals surface area contributed by atoms with Crippen LogP contribution < -0.4 is 5.19 Å². The van der Waals surface area contributed by atoms with E-state index < -0.39 is 25.9 Å². The fourth-order valence-electron chi connectivity index (χ4n) is 2.63. The SMILES string of the molecule is C[SiH](O[Si](C)(C)O[Si](C)(C)C)c1ccc(CC2CO2)cc1. The molecule has 21 heavy (non-hydrogen) atoms. The van der Waals surface area contributed by atoms with Crippen LogP contribution in [0.15, 0.2) is 24.3 Å². The normalized spacial score (nSPS) is 20.4. The Kier molecular flexibility index (Phi) is 5.27. The first-order chi connectivity index (χ1) is 9.65. The molecule has 1 heterocycles. The molecule has 2 unspecified atom stereocenters. The summed E-state index contributed by atoms with van der Waals surface area (Å²) in [5, 5.41) is 1.36. The second kappa shape index (κ2) is 6.47. The number of epoxide rings is 1. The molecule has 1 fully saturated rings. The Morgan fingerprint density at radius 1 is 1.14 bits per heavy atom. The van der Waals surface area contributed by atoms with Gasteiger partial charge in [0.05, 0.1) is 12.7 Å². The molecule has 0 bridgehead atoms. The van der Waals surface area contributed by atoms with Crippen LogP contribution in [-0.2, 0) is 19.4 Å². The minimum atomic E-state index is -2.01. The van der Waals surface area contributed by atoms with Crippen LogP contribution in [0.25, 0.3) is 0 Å². The number of rotatable bonds is 7. The van der Waals surface area contributed by atoms with E-state index in [1.807, 2.05) is 0 Å². The van der Waals surface area contributed by atoms with E-state index in [0.29, 0.717) is 6.10 Å². The summed E-state index contributed by atoms with van der Waals surface area (Å²) >= 11 is 0. The summed E-state index contributed by atoms with van der Waals surface area (Å²) in [5.74, 6) is 0. The van der Waals surface area contributed by atoms with E-state index >= 15 is 0 Å². The molecule has 2 rings (SSSR count). The van der Waals surface area contributed by atoms with Crippen molar-refractivity contribution in [3.63, 3.8) is 0 Å².